The molecule has 0 aliphatic carbocycles. The fourth-order valence-corrected chi connectivity index (χ4v) is 3.81. The summed E-state index contributed by atoms with van der Waals surface area (Å²) in [6, 6.07) is 37.3. The van der Waals surface area contributed by atoms with Crippen LogP contribution in [0.3, 0.4) is 0 Å². The molecule has 2 aromatic heterocycles. The topological polar surface area (TPSA) is 26.0 Å². The predicted octanol–water partition coefficient (Wildman–Crippen LogP) is 6.70. The molecule has 0 radical (unpaired) electrons. The lowest BCUT2D eigenvalue weighted by Crippen LogP contribution is -2.29. The first-order chi connectivity index (χ1) is 15.8. The van der Waals surface area contributed by atoms with Crippen molar-refractivity contribution in [2.75, 3.05) is 0 Å². The zero-order valence-electron chi connectivity index (χ0n) is 17.8. The molecule has 0 aliphatic rings. The van der Waals surface area contributed by atoms with Gasteiger partial charge >= 0.3 is 0 Å². The minimum atomic E-state index is 0.576. The number of ether oxygens (including phenoxy) is 1. The van der Waals surface area contributed by atoms with Crippen LogP contribution >= 0.6 is 0 Å². The Morgan fingerprint density at radius 1 is 0.594 bits per heavy atom. The van der Waals surface area contributed by atoms with E-state index in [2.05, 4.69) is 102 Å². The van der Waals surface area contributed by atoms with Gasteiger partial charge in [-0.25, -0.2) is 9.55 Å². The Balaban J connectivity index is 1.57. The molecule has 3 aromatic carbocycles. The van der Waals surface area contributed by atoms with Crippen LogP contribution in [0.15, 0.2) is 122 Å². The summed E-state index contributed by atoms with van der Waals surface area (Å²) >= 11 is 0. The highest BCUT2D eigenvalue weighted by atomic mass is 16.5. The first-order valence-electron chi connectivity index (χ1n) is 10.6. The van der Waals surface area contributed by atoms with Crippen LogP contribution in [-0.2, 0) is 7.05 Å². The van der Waals surface area contributed by atoms with E-state index in [9.17, 15) is 0 Å². The lowest BCUT2D eigenvalue weighted by molar-refractivity contribution is -0.660. The van der Waals surface area contributed by atoms with Gasteiger partial charge in [0, 0.05) is 24.4 Å². The highest BCUT2D eigenvalue weighted by molar-refractivity contribution is 5.75. The molecule has 0 bridgehead atoms. The number of aryl methyl sites for hydroxylation is 1. The molecule has 0 unspecified atom stereocenters. The first kappa shape index (κ1) is 19.7. The Morgan fingerprint density at radius 3 is 1.97 bits per heavy atom. The van der Waals surface area contributed by atoms with Crippen LogP contribution in [0, 0.1) is 0 Å². The van der Waals surface area contributed by atoms with E-state index >= 15 is 0 Å². The number of pyridine rings is 2. The molecule has 32 heavy (non-hydrogen) atoms. The van der Waals surface area contributed by atoms with Gasteiger partial charge in [0.15, 0.2) is 6.20 Å². The molecule has 0 fully saturated rings. The van der Waals surface area contributed by atoms with E-state index in [4.69, 9.17) is 4.74 Å². The van der Waals surface area contributed by atoms with Crippen molar-refractivity contribution >= 4 is 0 Å². The van der Waals surface area contributed by atoms with Crippen LogP contribution in [0.1, 0.15) is 0 Å². The number of hydrogen-bond acceptors (Lipinski definition) is 2. The Hall–Kier alpha value is -4.24. The van der Waals surface area contributed by atoms with Crippen LogP contribution in [0.2, 0.25) is 0 Å². The zero-order chi connectivity index (χ0) is 21.8. The minimum Gasteiger partial charge on any atom is -0.439 e. The maximum absolute atomic E-state index is 6.12. The van der Waals surface area contributed by atoms with E-state index in [1.165, 1.54) is 11.1 Å². The van der Waals surface area contributed by atoms with Gasteiger partial charge in [0.05, 0.1) is 5.56 Å². The quantitative estimate of drug-likeness (QED) is 0.299. The molecular formula is C29H23N2O+. The van der Waals surface area contributed by atoms with Crippen molar-refractivity contribution in [2.45, 2.75) is 0 Å². The monoisotopic (exact) mass is 415 g/mol. The molecule has 0 spiro atoms. The third-order valence-corrected chi connectivity index (χ3v) is 5.44. The van der Waals surface area contributed by atoms with Crippen LogP contribution < -0.4 is 9.30 Å². The predicted molar refractivity (Wildman–Crippen MR) is 128 cm³/mol. The Kier molecular flexibility index (Phi) is 5.46. The van der Waals surface area contributed by atoms with Gasteiger partial charge in [-0.15, -0.1) is 0 Å². The minimum absolute atomic E-state index is 0.576. The molecule has 0 N–H and O–H groups in total. The van der Waals surface area contributed by atoms with Crippen molar-refractivity contribution in [3.63, 3.8) is 0 Å². The zero-order valence-corrected chi connectivity index (χ0v) is 17.8. The van der Waals surface area contributed by atoms with Gasteiger partial charge < -0.3 is 4.74 Å². The summed E-state index contributed by atoms with van der Waals surface area (Å²) < 4.78 is 8.23. The molecule has 0 aliphatic heterocycles. The normalized spacial score (nSPS) is 10.7. The second kappa shape index (κ2) is 8.86. The van der Waals surface area contributed by atoms with Gasteiger partial charge in [-0.1, -0.05) is 60.7 Å². The fraction of sp³-hybridized carbons (Fsp3) is 0.0345. The highest BCUT2D eigenvalue weighted by Gasteiger charge is 2.13. The van der Waals surface area contributed by atoms with Gasteiger partial charge in [0.1, 0.15) is 12.8 Å². The van der Waals surface area contributed by atoms with Gasteiger partial charge in [-0.05, 0) is 52.6 Å². The lowest BCUT2D eigenvalue weighted by atomic mass is 9.98. The van der Waals surface area contributed by atoms with Gasteiger partial charge in [-0.3, -0.25) is 0 Å². The molecule has 0 atom stereocenters. The molecule has 3 nitrogen and oxygen atoms in total. The number of hydrogen-bond donors (Lipinski definition) is 0. The third-order valence-electron chi connectivity index (χ3n) is 5.44. The number of benzene rings is 3. The number of aromatic nitrogens is 2. The number of rotatable bonds is 5. The molecular weight excluding hydrogens is 392 g/mol. The first-order valence-corrected chi connectivity index (χ1v) is 10.6. The SMILES string of the molecule is C[n+]1ccccc1-c1cc(Oc2ccccn2)cc(-c2ccc(-c3ccccc3)cc2)c1. The van der Waals surface area contributed by atoms with Crippen molar-refractivity contribution < 1.29 is 9.30 Å². The van der Waals surface area contributed by atoms with E-state index in [0.717, 1.165) is 28.1 Å². The van der Waals surface area contributed by atoms with Crippen LogP contribution in [0.25, 0.3) is 33.5 Å². The Labute approximate surface area is 188 Å². The van der Waals surface area contributed by atoms with Crippen molar-refractivity contribution in [2.24, 2.45) is 7.05 Å². The molecule has 3 heteroatoms. The van der Waals surface area contributed by atoms with E-state index in [1.807, 2.05) is 30.3 Å². The maximum atomic E-state index is 6.12. The molecule has 5 aromatic rings. The second-order valence-electron chi connectivity index (χ2n) is 7.66. The van der Waals surface area contributed by atoms with Crippen molar-refractivity contribution in [1.29, 1.82) is 0 Å². The molecule has 5 rings (SSSR count). The summed E-state index contributed by atoms with van der Waals surface area (Å²) in [5, 5.41) is 0. The highest BCUT2D eigenvalue weighted by Crippen LogP contribution is 2.33. The van der Waals surface area contributed by atoms with Gasteiger partial charge in [0.2, 0.25) is 11.6 Å². The van der Waals surface area contributed by atoms with Gasteiger partial charge in [-0.2, -0.15) is 0 Å². The molecule has 2 heterocycles. The van der Waals surface area contributed by atoms with E-state index in [1.54, 1.807) is 6.20 Å². The average molecular weight is 416 g/mol. The summed E-state index contributed by atoms with van der Waals surface area (Å²) in [6.07, 6.45) is 3.79. The summed E-state index contributed by atoms with van der Waals surface area (Å²) in [4.78, 5) is 4.31. The molecule has 0 saturated carbocycles. The lowest BCUT2D eigenvalue weighted by Gasteiger charge is -2.11. The van der Waals surface area contributed by atoms with E-state index in [0.29, 0.717) is 5.88 Å². The van der Waals surface area contributed by atoms with Crippen molar-refractivity contribution in [1.82, 2.24) is 4.98 Å². The van der Waals surface area contributed by atoms with E-state index in [-0.39, 0.29) is 0 Å². The van der Waals surface area contributed by atoms with E-state index < -0.39 is 0 Å². The molecule has 0 amide bonds. The van der Waals surface area contributed by atoms with Gasteiger partial charge in [0.25, 0.3) is 0 Å². The largest absolute Gasteiger partial charge is 0.439 e. The average Bonchev–Trinajstić information content (AvgIpc) is 2.85. The van der Waals surface area contributed by atoms with Crippen molar-refractivity contribution in [3.05, 3.63) is 122 Å². The summed E-state index contributed by atoms with van der Waals surface area (Å²) in [5.74, 6) is 1.33. The summed E-state index contributed by atoms with van der Waals surface area (Å²) in [5.41, 5.74) is 6.84. The Bertz CT molecular complexity index is 1330. The maximum Gasteiger partial charge on any atom is 0.219 e. The van der Waals surface area contributed by atoms with Crippen molar-refractivity contribution in [3.8, 4) is 45.1 Å². The number of nitrogens with zero attached hydrogens (tertiary/aromatic N) is 2. The third kappa shape index (κ3) is 4.28. The second-order valence-corrected chi connectivity index (χ2v) is 7.66. The van der Waals surface area contributed by atoms with Crippen LogP contribution in [-0.4, -0.2) is 4.98 Å². The molecule has 154 valence electrons. The standard InChI is InChI=1S/C29H23N2O/c1-31-18-8-6-11-28(31)26-19-25(20-27(21-26)32-29-12-5-7-17-30-29)24-15-13-23(14-16-24)22-9-3-2-4-10-22/h2-21H,1H3/q+1. The summed E-state index contributed by atoms with van der Waals surface area (Å²) in [6.45, 7) is 0. The smallest absolute Gasteiger partial charge is 0.219 e. The fourth-order valence-electron chi connectivity index (χ4n) is 3.81. The van der Waals surface area contributed by atoms with Crippen LogP contribution in [0.5, 0.6) is 11.6 Å². The molecule has 0 saturated heterocycles. The Morgan fingerprint density at radius 2 is 1.25 bits per heavy atom. The van der Waals surface area contributed by atoms with Crippen LogP contribution in [0.4, 0.5) is 0 Å². The summed E-state index contributed by atoms with van der Waals surface area (Å²) in [7, 11) is 2.05.